The molecule has 1 aromatic carbocycles. The minimum absolute atomic E-state index is 0.374. The van der Waals surface area contributed by atoms with Crippen molar-refractivity contribution in [2.24, 2.45) is 0 Å². The van der Waals surface area contributed by atoms with E-state index in [-0.39, 0.29) is 0 Å². The molecule has 2 heterocycles. The van der Waals surface area contributed by atoms with E-state index in [0.717, 1.165) is 8.26 Å². The molecule has 0 saturated carbocycles. The number of hydrogen-bond acceptors (Lipinski definition) is 5. The maximum atomic E-state index is 12.8. The molecule has 3 rings (SSSR count). The van der Waals surface area contributed by atoms with Gasteiger partial charge in [-0.2, -0.15) is 4.31 Å². The van der Waals surface area contributed by atoms with Crippen LogP contribution in [0.2, 0.25) is 0 Å². The quantitative estimate of drug-likeness (QED) is 0.566. The van der Waals surface area contributed by atoms with Gasteiger partial charge in [-0.3, -0.25) is 0 Å². The lowest BCUT2D eigenvalue weighted by atomic mass is 10.2. The van der Waals surface area contributed by atoms with E-state index in [0.29, 0.717) is 30.4 Å². The van der Waals surface area contributed by atoms with E-state index < -0.39 is 10.0 Å². The Kier molecular flexibility index (Phi) is 5.98. The number of piperazine rings is 1. The van der Waals surface area contributed by atoms with Gasteiger partial charge < -0.3 is 4.90 Å². The van der Waals surface area contributed by atoms with Gasteiger partial charge in [0.2, 0.25) is 0 Å². The number of para-hydroxylation sites is 1. The molecule has 9 heteroatoms. The average molecular weight is 512 g/mol. The second-order valence-electron chi connectivity index (χ2n) is 5.25. The number of thiophene rings is 1. The van der Waals surface area contributed by atoms with Crippen LogP contribution < -0.4 is 4.90 Å². The molecule has 0 amide bonds. The molecule has 0 aliphatic carbocycles. The highest BCUT2D eigenvalue weighted by Gasteiger charge is 2.30. The molecule has 1 aromatic heterocycles. The summed E-state index contributed by atoms with van der Waals surface area (Å²) in [5, 5.41) is 0. The Labute approximate surface area is 167 Å². The van der Waals surface area contributed by atoms with E-state index in [4.69, 9.17) is 0 Å². The first-order valence-electron chi connectivity index (χ1n) is 7.26. The number of rotatable bonds is 4. The SMILES string of the molecule is CSc1ccccc1N1CCN(S(=O)(=O)c2cc(Br)c(Br)s2)CC1. The largest absolute Gasteiger partial charge is 0.368 e. The van der Waals surface area contributed by atoms with Crippen LogP contribution >= 0.6 is 55.0 Å². The van der Waals surface area contributed by atoms with Gasteiger partial charge in [0.25, 0.3) is 10.0 Å². The highest BCUT2D eigenvalue weighted by atomic mass is 79.9. The predicted octanol–water partition coefficient (Wildman–Crippen LogP) is 4.51. The summed E-state index contributed by atoms with van der Waals surface area (Å²) in [6, 6.07) is 9.92. The summed E-state index contributed by atoms with van der Waals surface area (Å²) in [6.07, 6.45) is 2.06. The van der Waals surface area contributed by atoms with Gasteiger partial charge in [-0.1, -0.05) is 12.1 Å². The second-order valence-corrected chi connectivity index (χ2v) is 11.5. The highest BCUT2D eigenvalue weighted by molar-refractivity contribution is 9.13. The number of nitrogens with zero attached hydrogens (tertiary/aromatic N) is 2. The number of sulfonamides is 1. The van der Waals surface area contributed by atoms with Crippen molar-refractivity contribution in [2.45, 2.75) is 9.10 Å². The summed E-state index contributed by atoms with van der Waals surface area (Å²) in [5.41, 5.74) is 1.18. The van der Waals surface area contributed by atoms with Gasteiger partial charge in [0.1, 0.15) is 4.21 Å². The standard InChI is InChI=1S/C15H16Br2N2O2S3/c1-22-13-5-3-2-4-12(13)18-6-8-19(9-7-18)24(20,21)14-10-11(16)15(17)23-14/h2-5,10H,6-9H2,1H3. The number of hydrogen-bond donors (Lipinski definition) is 0. The minimum atomic E-state index is -3.43. The summed E-state index contributed by atoms with van der Waals surface area (Å²) >= 11 is 9.68. The van der Waals surface area contributed by atoms with Crippen molar-refractivity contribution in [1.29, 1.82) is 0 Å². The summed E-state index contributed by atoms with van der Waals surface area (Å²) in [5.74, 6) is 0. The van der Waals surface area contributed by atoms with Gasteiger partial charge in [-0.25, -0.2) is 8.42 Å². The van der Waals surface area contributed by atoms with Gasteiger partial charge in [0.05, 0.1) is 9.47 Å². The maximum Gasteiger partial charge on any atom is 0.252 e. The van der Waals surface area contributed by atoms with Crippen molar-refractivity contribution in [2.75, 3.05) is 37.3 Å². The third-order valence-corrected chi connectivity index (χ3v) is 10.3. The van der Waals surface area contributed by atoms with Crippen LogP contribution in [-0.2, 0) is 10.0 Å². The lowest BCUT2D eigenvalue weighted by molar-refractivity contribution is 0.385. The maximum absolute atomic E-state index is 12.8. The monoisotopic (exact) mass is 510 g/mol. The Morgan fingerprint density at radius 1 is 1.12 bits per heavy atom. The van der Waals surface area contributed by atoms with Crippen molar-refractivity contribution in [3.8, 4) is 0 Å². The second kappa shape index (κ2) is 7.67. The fourth-order valence-corrected chi connectivity index (χ4v) is 7.66. The van der Waals surface area contributed by atoms with E-state index in [2.05, 4.69) is 55.1 Å². The van der Waals surface area contributed by atoms with Crippen LogP contribution in [0, 0.1) is 0 Å². The molecule has 130 valence electrons. The molecule has 0 unspecified atom stereocenters. The van der Waals surface area contributed by atoms with Crippen LogP contribution in [0.5, 0.6) is 0 Å². The molecule has 2 aromatic rings. The van der Waals surface area contributed by atoms with E-state index in [1.54, 1.807) is 22.1 Å². The average Bonchev–Trinajstić information content (AvgIpc) is 2.95. The summed E-state index contributed by atoms with van der Waals surface area (Å²) in [4.78, 5) is 3.48. The zero-order chi connectivity index (χ0) is 17.3. The Morgan fingerprint density at radius 2 is 1.79 bits per heavy atom. The molecule has 1 saturated heterocycles. The molecule has 0 spiro atoms. The first-order chi connectivity index (χ1) is 11.4. The topological polar surface area (TPSA) is 40.6 Å². The Morgan fingerprint density at radius 3 is 2.38 bits per heavy atom. The molecule has 4 nitrogen and oxygen atoms in total. The molecule has 0 atom stereocenters. The van der Waals surface area contributed by atoms with E-state index in [9.17, 15) is 8.42 Å². The number of anilines is 1. The van der Waals surface area contributed by atoms with Crippen molar-refractivity contribution < 1.29 is 8.42 Å². The van der Waals surface area contributed by atoms with E-state index in [1.165, 1.54) is 21.9 Å². The van der Waals surface area contributed by atoms with Crippen LogP contribution in [-0.4, -0.2) is 45.2 Å². The van der Waals surface area contributed by atoms with E-state index in [1.807, 2.05) is 12.1 Å². The zero-order valence-corrected chi connectivity index (χ0v) is 18.5. The number of benzene rings is 1. The molecule has 24 heavy (non-hydrogen) atoms. The first kappa shape index (κ1) is 18.7. The summed E-state index contributed by atoms with van der Waals surface area (Å²) in [7, 11) is -3.43. The smallest absolute Gasteiger partial charge is 0.252 e. The van der Waals surface area contributed by atoms with Crippen LogP contribution in [0.3, 0.4) is 0 Å². The van der Waals surface area contributed by atoms with Crippen molar-refractivity contribution in [3.63, 3.8) is 0 Å². The third-order valence-electron chi connectivity index (χ3n) is 3.88. The van der Waals surface area contributed by atoms with Crippen LogP contribution in [0.15, 0.2) is 47.7 Å². The number of halogens is 2. The van der Waals surface area contributed by atoms with Crippen LogP contribution in [0.4, 0.5) is 5.69 Å². The van der Waals surface area contributed by atoms with Gasteiger partial charge in [0, 0.05) is 35.5 Å². The lowest BCUT2D eigenvalue weighted by Gasteiger charge is -2.35. The van der Waals surface area contributed by atoms with Gasteiger partial charge >= 0.3 is 0 Å². The molecule has 1 aliphatic heterocycles. The lowest BCUT2D eigenvalue weighted by Crippen LogP contribution is -2.48. The predicted molar refractivity (Wildman–Crippen MR) is 109 cm³/mol. The summed E-state index contributed by atoms with van der Waals surface area (Å²) in [6.45, 7) is 2.39. The van der Waals surface area contributed by atoms with Gasteiger partial charge in [-0.15, -0.1) is 23.1 Å². The fourth-order valence-electron chi connectivity index (χ4n) is 2.64. The molecule has 0 bridgehead atoms. The van der Waals surface area contributed by atoms with Gasteiger partial charge in [-0.05, 0) is 56.3 Å². The van der Waals surface area contributed by atoms with Crippen molar-refractivity contribution in [1.82, 2.24) is 4.31 Å². The van der Waals surface area contributed by atoms with Crippen molar-refractivity contribution >= 4 is 70.7 Å². The van der Waals surface area contributed by atoms with Crippen LogP contribution in [0.1, 0.15) is 0 Å². The highest BCUT2D eigenvalue weighted by Crippen LogP contribution is 2.36. The molecule has 1 aliphatic rings. The summed E-state index contributed by atoms with van der Waals surface area (Å²) < 4.78 is 29.1. The molecule has 0 N–H and O–H groups in total. The molecule has 0 radical (unpaired) electrons. The van der Waals surface area contributed by atoms with Crippen LogP contribution in [0.25, 0.3) is 0 Å². The Balaban J connectivity index is 1.75. The Bertz CT molecular complexity index is 811. The van der Waals surface area contributed by atoms with Crippen molar-refractivity contribution in [3.05, 3.63) is 38.6 Å². The molecular formula is C15H16Br2N2O2S3. The molecule has 1 fully saturated rings. The zero-order valence-electron chi connectivity index (χ0n) is 12.9. The normalized spacial score (nSPS) is 16.5. The first-order valence-corrected chi connectivity index (χ1v) is 12.3. The van der Waals surface area contributed by atoms with E-state index >= 15 is 0 Å². The minimum Gasteiger partial charge on any atom is -0.368 e. The number of thioether (sulfide) groups is 1. The fraction of sp³-hybridized carbons (Fsp3) is 0.333. The third kappa shape index (κ3) is 3.71. The van der Waals surface area contributed by atoms with Gasteiger partial charge in [0.15, 0.2) is 0 Å². The Hall–Kier alpha value is -0.0600. The molecular weight excluding hydrogens is 496 g/mol.